The van der Waals surface area contributed by atoms with Gasteiger partial charge >= 0.3 is 0 Å². The summed E-state index contributed by atoms with van der Waals surface area (Å²) >= 11 is 7.23. The van der Waals surface area contributed by atoms with E-state index in [-0.39, 0.29) is 11.7 Å². The molecule has 0 aliphatic carbocycles. The summed E-state index contributed by atoms with van der Waals surface area (Å²) in [7, 11) is -3.00. The molecule has 0 saturated heterocycles. The smallest absolute Gasteiger partial charge is 0.264 e. The monoisotopic (exact) mass is 350 g/mol. The van der Waals surface area contributed by atoms with Crippen molar-refractivity contribution in [1.29, 1.82) is 0 Å². The zero-order valence-electron chi connectivity index (χ0n) is 11.3. The Morgan fingerprint density at radius 2 is 2.33 bits per heavy atom. The molecule has 1 N–H and O–H groups in total. The number of nitrogens with one attached hydrogen (secondary N) is 1. The molecule has 2 heterocycles. The fraction of sp³-hybridized carbons (Fsp3) is 0.500. The van der Waals surface area contributed by atoms with Gasteiger partial charge in [-0.3, -0.25) is 4.79 Å². The van der Waals surface area contributed by atoms with Crippen LogP contribution in [0.15, 0.2) is 17.3 Å². The van der Waals surface area contributed by atoms with Crippen molar-refractivity contribution >= 4 is 44.4 Å². The Bertz CT molecular complexity index is 654. The van der Waals surface area contributed by atoms with Gasteiger partial charge in [0.2, 0.25) is 6.10 Å². The predicted octanol–water partition coefficient (Wildman–Crippen LogP) is 1.45. The maximum absolute atomic E-state index is 11.9. The Kier molecular flexibility index (Phi) is 5.23. The molecule has 0 spiro atoms. The van der Waals surface area contributed by atoms with Crippen LogP contribution in [0.4, 0.5) is 0 Å². The average Bonchev–Trinajstić information content (AvgIpc) is 3.01. The fourth-order valence-electron chi connectivity index (χ4n) is 1.79. The van der Waals surface area contributed by atoms with E-state index in [1.54, 1.807) is 6.07 Å². The lowest BCUT2D eigenvalue weighted by Crippen LogP contribution is -2.35. The summed E-state index contributed by atoms with van der Waals surface area (Å²) in [4.78, 5) is 17.9. The molecule has 6 nitrogen and oxygen atoms in total. The number of amides is 1. The molecule has 1 atom stereocenters. The molecule has 0 aromatic carbocycles. The standard InChI is InChI=1S/C12H15ClN2O4S2/c1-21(17,18)6-2-5-14-12(16)9-7-8(15-19-9)10-3-4-11(13)20-10/h3-4,9H,2,5-7H2,1H3,(H,14,16)/t9-/m1/s1. The third-order valence-electron chi connectivity index (χ3n) is 2.81. The molecule has 0 saturated carbocycles. The molecule has 0 fully saturated rings. The van der Waals surface area contributed by atoms with E-state index in [2.05, 4.69) is 10.5 Å². The number of hydrogen-bond donors (Lipinski definition) is 1. The van der Waals surface area contributed by atoms with Gasteiger partial charge in [0, 0.05) is 19.2 Å². The predicted molar refractivity (Wildman–Crippen MR) is 82.7 cm³/mol. The minimum atomic E-state index is -3.00. The van der Waals surface area contributed by atoms with E-state index in [9.17, 15) is 13.2 Å². The maximum atomic E-state index is 11.9. The fourth-order valence-corrected chi connectivity index (χ4v) is 3.49. The van der Waals surface area contributed by atoms with Gasteiger partial charge in [-0.1, -0.05) is 16.8 Å². The molecule has 1 aliphatic heterocycles. The highest BCUT2D eigenvalue weighted by Gasteiger charge is 2.29. The second-order valence-corrected chi connectivity index (χ2v) is 8.69. The Hall–Kier alpha value is -1.12. The summed E-state index contributed by atoms with van der Waals surface area (Å²) in [5, 5.41) is 6.55. The molecule has 2 rings (SSSR count). The van der Waals surface area contributed by atoms with Crippen molar-refractivity contribution in [2.75, 3.05) is 18.6 Å². The van der Waals surface area contributed by atoms with E-state index < -0.39 is 15.9 Å². The average molecular weight is 351 g/mol. The van der Waals surface area contributed by atoms with Crippen LogP contribution in [-0.2, 0) is 19.5 Å². The van der Waals surface area contributed by atoms with Crippen molar-refractivity contribution in [1.82, 2.24) is 5.32 Å². The number of halogens is 1. The largest absolute Gasteiger partial charge is 0.382 e. The van der Waals surface area contributed by atoms with Crippen molar-refractivity contribution in [2.24, 2.45) is 5.16 Å². The second-order valence-electron chi connectivity index (χ2n) is 4.71. The van der Waals surface area contributed by atoms with Gasteiger partial charge in [-0.05, 0) is 18.6 Å². The van der Waals surface area contributed by atoms with Crippen LogP contribution in [0.2, 0.25) is 4.34 Å². The van der Waals surface area contributed by atoms with Crippen LogP contribution in [0, 0.1) is 0 Å². The molecule has 21 heavy (non-hydrogen) atoms. The number of carbonyl (C=O) groups is 1. The Morgan fingerprint density at radius 3 is 2.95 bits per heavy atom. The zero-order chi connectivity index (χ0) is 15.5. The number of carbonyl (C=O) groups excluding carboxylic acids is 1. The van der Waals surface area contributed by atoms with E-state index in [4.69, 9.17) is 16.4 Å². The van der Waals surface area contributed by atoms with Crippen LogP contribution in [0.3, 0.4) is 0 Å². The van der Waals surface area contributed by atoms with E-state index in [1.165, 1.54) is 17.6 Å². The zero-order valence-corrected chi connectivity index (χ0v) is 13.7. The molecule has 1 aliphatic rings. The Morgan fingerprint density at radius 1 is 1.57 bits per heavy atom. The normalized spacial score (nSPS) is 18.2. The van der Waals surface area contributed by atoms with Gasteiger partial charge in [-0.25, -0.2) is 8.42 Å². The van der Waals surface area contributed by atoms with Crippen molar-refractivity contribution in [3.8, 4) is 0 Å². The van der Waals surface area contributed by atoms with Crippen molar-refractivity contribution in [3.63, 3.8) is 0 Å². The highest BCUT2D eigenvalue weighted by molar-refractivity contribution is 7.90. The number of oxime groups is 1. The molecular formula is C12H15ClN2O4S2. The van der Waals surface area contributed by atoms with Crippen LogP contribution in [-0.4, -0.2) is 44.7 Å². The molecule has 9 heteroatoms. The lowest BCUT2D eigenvalue weighted by Gasteiger charge is -2.08. The summed E-state index contributed by atoms with van der Waals surface area (Å²) in [5.74, 6) is -0.237. The van der Waals surface area contributed by atoms with E-state index in [0.717, 1.165) is 4.88 Å². The number of sulfone groups is 1. The molecule has 0 unspecified atom stereocenters. The number of nitrogens with zero attached hydrogens (tertiary/aromatic N) is 1. The summed E-state index contributed by atoms with van der Waals surface area (Å²) in [6.07, 6.45) is 1.26. The first-order valence-corrected chi connectivity index (χ1v) is 9.54. The molecule has 1 aromatic rings. The molecule has 0 radical (unpaired) electrons. The molecular weight excluding hydrogens is 336 g/mol. The quantitative estimate of drug-likeness (QED) is 0.787. The van der Waals surface area contributed by atoms with E-state index in [0.29, 0.717) is 29.4 Å². The topological polar surface area (TPSA) is 84.8 Å². The van der Waals surface area contributed by atoms with Crippen molar-refractivity contribution in [3.05, 3.63) is 21.3 Å². The van der Waals surface area contributed by atoms with Crippen molar-refractivity contribution in [2.45, 2.75) is 18.9 Å². The highest BCUT2D eigenvalue weighted by Crippen LogP contribution is 2.26. The minimum Gasteiger partial charge on any atom is -0.382 e. The molecule has 0 bridgehead atoms. The van der Waals surface area contributed by atoms with Crippen molar-refractivity contribution < 1.29 is 18.0 Å². The van der Waals surface area contributed by atoms with Gasteiger partial charge < -0.3 is 10.2 Å². The SMILES string of the molecule is CS(=O)(=O)CCCNC(=O)[C@H]1CC(c2ccc(Cl)s2)=NO1. The first-order chi connectivity index (χ1) is 9.85. The number of thiophene rings is 1. The van der Waals surface area contributed by atoms with Crippen LogP contribution in [0.1, 0.15) is 17.7 Å². The van der Waals surface area contributed by atoms with Gasteiger partial charge in [0.25, 0.3) is 5.91 Å². The third-order valence-corrected chi connectivity index (χ3v) is 5.12. The van der Waals surface area contributed by atoms with Gasteiger partial charge in [-0.15, -0.1) is 11.3 Å². The van der Waals surface area contributed by atoms with E-state index >= 15 is 0 Å². The Labute approximate surface area is 132 Å². The van der Waals surface area contributed by atoms with Crippen LogP contribution in [0.5, 0.6) is 0 Å². The lowest BCUT2D eigenvalue weighted by atomic mass is 10.1. The van der Waals surface area contributed by atoms with E-state index in [1.807, 2.05) is 6.07 Å². The number of rotatable bonds is 6. The molecule has 116 valence electrons. The lowest BCUT2D eigenvalue weighted by molar-refractivity contribution is -0.131. The van der Waals surface area contributed by atoms with Gasteiger partial charge in [0.1, 0.15) is 15.5 Å². The van der Waals surface area contributed by atoms with Gasteiger partial charge in [0.15, 0.2) is 0 Å². The minimum absolute atomic E-state index is 0.0498. The van der Waals surface area contributed by atoms with Crippen LogP contribution < -0.4 is 5.32 Å². The summed E-state index contributed by atoms with van der Waals surface area (Å²) in [6, 6.07) is 3.60. The maximum Gasteiger partial charge on any atom is 0.264 e. The molecule has 1 amide bonds. The summed E-state index contributed by atoms with van der Waals surface area (Å²) in [5.41, 5.74) is 0.697. The van der Waals surface area contributed by atoms with Crippen LogP contribution >= 0.6 is 22.9 Å². The molecule has 1 aromatic heterocycles. The first-order valence-electron chi connectivity index (χ1n) is 6.29. The third kappa shape index (κ3) is 4.98. The van der Waals surface area contributed by atoms with Gasteiger partial charge in [-0.2, -0.15) is 0 Å². The number of hydrogen-bond acceptors (Lipinski definition) is 6. The summed E-state index contributed by atoms with van der Waals surface area (Å²) in [6.45, 7) is 0.298. The van der Waals surface area contributed by atoms with Crippen LogP contribution in [0.25, 0.3) is 0 Å². The first kappa shape index (κ1) is 16.3. The summed E-state index contributed by atoms with van der Waals surface area (Å²) < 4.78 is 22.6. The van der Waals surface area contributed by atoms with Gasteiger partial charge in [0.05, 0.1) is 15.0 Å². The second kappa shape index (κ2) is 6.76. The highest BCUT2D eigenvalue weighted by atomic mass is 35.5. The Balaban J connectivity index is 1.76.